The van der Waals surface area contributed by atoms with Gasteiger partial charge in [0.05, 0.1) is 6.04 Å². The van der Waals surface area contributed by atoms with Crippen molar-refractivity contribution in [3.63, 3.8) is 0 Å². The third-order valence-corrected chi connectivity index (χ3v) is 5.63. The summed E-state index contributed by atoms with van der Waals surface area (Å²) in [6.07, 6.45) is 9.14. The van der Waals surface area contributed by atoms with E-state index in [0.717, 1.165) is 48.0 Å². The topological polar surface area (TPSA) is 96.6 Å². The van der Waals surface area contributed by atoms with Crippen molar-refractivity contribution in [1.29, 1.82) is 0 Å². The van der Waals surface area contributed by atoms with E-state index in [2.05, 4.69) is 21.4 Å². The van der Waals surface area contributed by atoms with E-state index in [1.807, 2.05) is 37.3 Å². The molecule has 0 radical (unpaired) electrons. The fourth-order valence-corrected chi connectivity index (χ4v) is 3.95. The predicted octanol–water partition coefficient (Wildman–Crippen LogP) is 2.04. The van der Waals surface area contributed by atoms with Crippen LogP contribution in [-0.4, -0.2) is 72.6 Å². The van der Waals surface area contributed by atoms with Crippen molar-refractivity contribution >= 4 is 28.9 Å². The van der Waals surface area contributed by atoms with Crippen LogP contribution in [0, 0.1) is 0 Å². The van der Waals surface area contributed by atoms with Crippen molar-refractivity contribution in [2.24, 2.45) is 0 Å². The molecule has 2 unspecified atom stereocenters. The Morgan fingerprint density at radius 1 is 1.39 bits per heavy atom. The van der Waals surface area contributed by atoms with Gasteiger partial charge in [0.2, 0.25) is 5.78 Å². The summed E-state index contributed by atoms with van der Waals surface area (Å²) < 4.78 is 10.9. The summed E-state index contributed by atoms with van der Waals surface area (Å²) in [6, 6.07) is 3.62. The van der Waals surface area contributed by atoms with Gasteiger partial charge in [-0.1, -0.05) is 6.08 Å². The van der Waals surface area contributed by atoms with Crippen LogP contribution < -0.4 is 5.32 Å². The number of ether oxygens (including phenoxy) is 2. The summed E-state index contributed by atoms with van der Waals surface area (Å²) in [5, 5.41) is 4.48. The second-order valence-corrected chi connectivity index (χ2v) is 8.14. The highest BCUT2D eigenvalue weighted by Gasteiger charge is 2.41. The molecule has 2 aliphatic heterocycles. The quantitative estimate of drug-likeness (QED) is 0.541. The average molecular weight is 425 g/mol. The first-order valence-corrected chi connectivity index (χ1v) is 10.6. The molecule has 1 saturated heterocycles. The molecule has 0 amide bonds. The number of nitrogens with one attached hydrogen (secondary N) is 2. The Balaban J connectivity index is 1.53. The number of H-pyrrole nitrogens is 1. The van der Waals surface area contributed by atoms with Gasteiger partial charge in [-0.2, -0.15) is 0 Å². The van der Waals surface area contributed by atoms with Gasteiger partial charge in [-0.05, 0) is 57.6 Å². The van der Waals surface area contributed by atoms with Crippen molar-refractivity contribution in [2.45, 2.75) is 31.4 Å². The van der Waals surface area contributed by atoms with Gasteiger partial charge in [0, 0.05) is 29.9 Å². The first kappa shape index (κ1) is 21.3. The van der Waals surface area contributed by atoms with E-state index < -0.39 is 12.1 Å². The van der Waals surface area contributed by atoms with Gasteiger partial charge >= 0.3 is 5.97 Å². The maximum Gasteiger partial charge on any atom is 0.345 e. The standard InChI is InChI=1S/C23H28N4O4/c1-27(2)10-11-30-23(29)18-14-31-21(20(18)28)19-15(6-3-4-8-24-19)12-16-13-26-22-17(16)7-5-9-25-22/h5,7,9,12-14,19,21,24H,3-4,6,8,10-11H2,1-2H3,(H,25,26)/b15-12-. The second kappa shape index (κ2) is 9.45. The van der Waals surface area contributed by atoms with Gasteiger partial charge in [-0.3, -0.25) is 4.79 Å². The highest BCUT2D eigenvalue weighted by Crippen LogP contribution is 2.29. The normalized spacial score (nSPS) is 23.1. The van der Waals surface area contributed by atoms with Gasteiger partial charge in [0.25, 0.3) is 0 Å². The Morgan fingerprint density at radius 2 is 2.26 bits per heavy atom. The summed E-state index contributed by atoms with van der Waals surface area (Å²) in [5.74, 6) is -0.961. The molecule has 2 aromatic heterocycles. The zero-order valence-electron chi connectivity index (χ0n) is 17.9. The number of hydrogen-bond acceptors (Lipinski definition) is 7. The molecule has 31 heavy (non-hydrogen) atoms. The number of pyridine rings is 1. The lowest BCUT2D eigenvalue weighted by Crippen LogP contribution is -2.45. The highest BCUT2D eigenvalue weighted by molar-refractivity contribution is 6.20. The molecular formula is C23H28N4O4. The number of aromatic nitrogens is 2. The number of carbonyl (C=O) groups is 2. The number of aromatic amines is 1. The largest absolute Gasteiger partial charge is 0.487 e. The maximum absolute atomic E-state index is 13.0. The smallest absolute Gasteiger partial charge is 0.345 e. The lowest BCUT2D eigenvalue weighted by molar-refractivity contribution is -0.140. The average Bonchev–Trinajstić information content (AvgIpc) is 3.25. The van der Waals surface area contributed by atoms with Crippen molar-refractivity contribution in [1.82, 2.24) is 20.2 Å². The first-order chi connectivity index (χ1) is 15.0. The van der Waals surface area contributed by atoms with E-state index in [4.69, 9.17) is 9.47 Å². The van der Waals surface area contributed by atoms with Crippen LogP contribution in [0.4, 0.5) is 0 Å². The third kappa shape index (κ3) is 4.70. The molecule has 8 nitrogen and oxygen atoms in total. The summed E-state index contributed by atoms with van der Waals surface area (Å²) in [4.78, 5) is 34.8. The van der Waals surface area contributed by atoms with Crippen LogP contribution in [-0.2, 0) is 19.1 Å². The zero-order valence-corrected chi connectivity index (χ0v) is 17.9. The minimum absolute atomic E-state index is 0.0227. The summed E-state index contributed by atoms with van der Waals surface area (Å²) in [6.45, 7) is 1.60. The predicted molar refractivity (Wildman–Crippen MR) is 117 cm³/mol. The van der Waals surface area contributed by atoms with Crippen LogP contribution in [0.25, 0.3) is 17.1 Å². The molecule has 2 aliphatic rings. The van der Waals surface area contributed by atoms with Crippen LogP contribution in [0.15, 0.2) is 41.9 Å². The number of carbonyl (C=O) groups excluding carboxylic acids is 2. The molecule has 4 heterocycles. The van der Waals surface area contributed by atoms with Crippen LogP contribution in [0.2, 0.25) is 0 Å². The third-order valence-electron chi connectivity index (χ3n) is 5.63. The van der Waals surface area contributed by atoms with Gasteiger partial charge in [-0.25, -0.2) is 9.78 Å². The molecule has 0 spiro atoms. The first-order valence-electron chi connectivity index (χ1n) is 10.6. The van der Waals surface area contributed by atoms with Crippen LogP contribution in [0.1, 0.15) is 24.8 Å². The number of rotatable bonds is 6. The van der Waals surface area contributed by atoms with Crippen molar-refractivity contribution in [3.8, 4) is 0 Å². The Hall–Kier alpha value is -2.97. The summed E-state index contributed by atoms with van der Waals surface area (Å²) in [7, 11) is 3.78. The molecule has 4 rings (SSSR count). The molecule has 2 aromatic rings. The fraction of sp³-hybridized carbons (Fsp3) is 0.435. The van der Waals surface area contributed by atoms with Crippen molar-refractivity contribution in [3.05, 3.63) is 47.5 Å². The maximum atomic E-state index is 13.0. The Kier molecular flexibility index (Phi) is 6.48. The summed E-state index contributed by atoms with van der Waals surface area (Å²) in [5.41, 5.74) is 2.90. The minimum atomic E-state index is -0.774. The van der Waals surface area contributed by atoms with Gasteiger partial charge < -0.3 is 24.7 Å². The zero-order chi connectivity index (χ0) is 21.8. The molecule has 0 aromatic carbocycles. The number of hydrogen-bond donors (Lipinski definition) is 2. The van der Waals surface area contributed by atoms with E-state index in [9.17, 15) is 9.59 Å². The number of ketones is 1. The van der Waals surface area contributed by atoms with E-state index in [-0.39, 0.29) is 24.0 Å². The molecule has 1 fully saturated rings. The number of likely N-dealkylation sites (N-methyl/N-ethyl adjacent to an activating group) is 1. The molecule has 0 saturated carbocycles. The number of nitrogens with zero attached hydrogens (tertiary/aromatic N) is 2. The van der Waals surface area contributed by atoms with E-state index >= 15 is 0 Å². The Labute approximate surface area is 181 Å². The van der Waals surface area contributed by atoms with Crippen molar-refractivity contribution in [2.75, 3.05) is 33.8 Å². The lowest BCUT2D eigenvalue weighted by atomic mass is 9.92. The minimum Gasteiger partial charge on any atom is -0.487 e. The number of Topliss-reactive ketones (excluding diaryl/α,β-unsaturated/α-hetero) is 1. The van der Waals surface area contributed by atoms with Crippen LogP contribution >= 0.6 is 0 Å². The Bertz CT molecular complexity index is 1020. The van der Waals surface area contributed by atoms with Crippen LogP contribution in [0.3, 0.4) is 0 Å². The van der Waals surface area contributed by atoms with E-state index in [1.165, 1.54) is 6.26 Å². The van der Waals surface area contributed by atoms with Gasteiger partial charge in [0.15, 0.2) is 6.10 Å². The van der Waals surface area contributed by atoms with Gasteiger partial charge in [0.1, 0.15) is 24.1 Å². The summed E-state index contributed by atoms with van der Waals surface area (Å²) >= 11 is 0. The van der Waals surface area contributed by atoms with Crippen molar-refractivity contribution < 1.29 is 19.1 Å². The van der Waals surface area contributed by atoms with Gasteiger partial charge in [-0.15, -0.1) is 0 Å². The fourth-order valence-electron chi connectivity index (χ4n) is 3.95. The Morgan fingerprint density at radius 3 is 3.10 bits per heavy atom. The molecule has 2 atom stereocenters. The lowest BCUT2D eigenvalue weighted by Gasteiger charge is -2.24. The van der Waals surface area contributed by atoms with Crippen LogP contribution in [0.5, 0.6) is 0 Å². The molecule has 8 heteroatoms. The second-order valence-electron chi connectivity index (χ2n) is 8.14. The molecule has 164 valence electrons. The number of fused-ring (bicyclic) bond motifs is 1. The highest BCUT2D eigenvalue weighted by atomic mass is 16.5. The molecule has 0 bridgehead atoms. The monoisotopic (exact) mass is 424 g/mol. The molecule has 2 N–H and O–H groups in total. The molecule has 0 aliphatic carbocycles. The number of esters is 1. The molecular weight excluding hydrogens is 396 g/mol. The SMILES string of the molecule is CN(C)CCOC(=O)C1=COC(C2NCCCC/C2=C/c2c[nH]c3ncccc23)C1=O. The van der Waals surface area contributed by atoms with E-state index in [0.29, 0.717) is 6.54 Å². The van der Waals surface area contributed by atoms with E-state index in [1.54, 1.807) is 6.20 Å².